The molecule has 0 amide bonds. The number of aliphatic carboxylic acids is 1. The van der Waals surface area contributed by atoms with E-state index >= 15 is 0 Å². The van der Waals surface area contributed by atoms with Crippen molar-refractivity contribution in [3.8, 4) is 0 Å². The second-order valence-corrected chi connectivity index (χ2v) is 5.99. The molecule has 1 heterocycles. The first kappa shape index (κ1) is 14.5. The Morgan fingerprint density at radius 2 is 2.06 bits per heavy atom. The molecule has 0 aliphatic carbocycles. The molecule has 3 nitrogen and oxygen atoms in total. The van der Waals surface area contributed by atoms with Crippen molar-refractivity contribution in [1.82, 2.24) is 4.90 Å². The Hall–Kier alpha value is -0.570. The molecule has 1 rings (SSSR count). The van der Waals surface area contributed by atoms with Gasteiger partial charge in [-0.2, -0.15) is 0 Å². The molecule has 17 heavy (non-hydrogen) atoms. The number of hydrogen-bond donors (Lipinski definition) is 1. The predicted molar refractivity (Wildman–Crippen MR) is 70.1 cm³/mol. The number of hydrogen-bond acceptors (Lipinski definition) is 2. The van der Waals surface area contributed by atoms with E-state index in [1.165, 1.54) is 0 Å². The molecule has 3 heteroatoms. The summed E-state index contributed by atoms with van der Waals surface area (Å²) in [5, 5.41) is 9.44. The maximum atomic E-state index is 11.5. The van der Waals surface area contributed by atoms with Gasteiger partial charge >= 0.3 is 5.97 Å². The van der Waals surface area contributed by atoms with Gasteiger partial charge in [0.25, 0.3) is 0 Å². The molecule has 100 valence electrons. The van der Waals surface area contributed by atoms with Crippen LogP contribution in [0.5, 0.6) is 0 Å². The Balaban J connectivity index is 2.68. The molecular formula is C14H27NO2. The smallest absolute Gasteiger partial charge is 0.310 e. The second-order valence-electron chi connectivity index (χ2n) is 5.99. The van der Waals surface area contributed by atoms with E-state index in [0.717, 1.165) is 38.8 Å². The monoisotopic (exact) mass is 241 g/mol. The third-order valence-electron chi connectivity index (χ3n) is 4.17. The Morgan fingerprint density at radius 1 is 1.41 bits per heavy atom. The summed E-state index contributed by atoms with van der Waals surface area (Å²) in [6.07, 6.45) is 3.75. The molecule has 0 aromatic heterocycles. The van der Waals surface area contributed by atoms with Gasteiger partial charge in [-0.05, 0) is 45.1 Å². The van der Waals surface area contributed by atoms with Gasteiger partial charge in [0.15, 0.2) is 0 Å². The molecule has 0 aromatic rings. The lowest BCUT2D eigenvalue weighted by molar-refractivity contribution is -0.153. The summed E-state index contributed by atoms with van der Waals surface area (Å²) in [5.74, 6) is 0.0641. The van der Waals surface area contributed by atoms with E-state index in [2.05, 4.69) is 25.7 Å². The third kappa shape index (κ3) is 3.44. The predicted octanol–water partition coefficient (Wildman–Crippen LogP) is 3.00. The molecule has 2 atom stereocenters. The summed E-state index contributed by atoms with van der Waals surface area (Å²) < 4.78 is 0. The number of nitrogens with zero attached hydrogens (tertiary/aromatic N) is 1. The van der Waals surface area contributed by atoms with Gasteiger partial charge in [-0.15, -0.1) is 0 Å². The highest BCUT2D eigenvalue weighted by atomic mass is 16.4. The van der Waals surface area contributed by atoms with Crippen molar-refractivity contribution in [3.05, 3.63) is 0 Å². The summed E-state index contributed by atoms with van der Waals surface area (Å²) in [4.78, 5) is 13.8. The molecular weight excluding hydrogens is 214 g/mol. The van der Waals surface area contributed by atoms with E-state index in [1.807, 2.05) is 6.92 Å². The van der Waals surface area contributed by atoms with E-state index in [1.54, 1.807) is 0 Å². The van der Waals surface area contributed by atoms with Crippen LogP contribution in [0.15, 0.2) is 0 Å². The van der Waals surface area contributed by atoms with Gasteiger partial charge in [-0.1, -0.05) is 20.8 Å². The van der Waals surface area contributed by atoms with E-state index in [-0.39, 0.29) is 0 Å². The van der Waals surface area contributed by atoms with Crippen molar-refractivity contribution in [2.24, 2.45) is 11.3 Å². The highest BCUT2D eigenvalue weighted by Gasteiger charge is 2.41. The van der Waals surface area contributed by atoms with Gasteiger partial charge in [-0.3, -0.25) is 9.69 Å². The van der Waals surface area contributed by atoms with Crippen LogP contribution >= 0.6 is 0 Å². The van der Waals surface area contributed by atoms with Crippen LogP contribution in [0.3, 0.4) is 0 Å². The van der Waals surface area contributed by atoms with Crippen LogP contribution < -0.4 is 0 Å². The van der Waals surface area contributed by atoms with Gasteiger partial charge in [0, 0.05) is 12.6 Å². The normalized spacial score (nSPS) is 28.3. The molecule has 2 unspecified atom stereocenters. The summed E-state index contributed by atoms with van der Waals surface area (Å²) in [7, 11) is 0. The first-order chi connectivity index (χ1) is 7.91. The van der Waals surface area contributed by atoms with Crippen LogP contribution in [-0.4, -0.2) is 35.1 Å². The average molecular weight is 241 g/mol. The second kappa shape index (κ2) is 5.85. The summed E-state index contributed by atoms with van der Waals surface area (Å²) in [6.45, 7) is 10.5. The minimum atomic E-state index is -0.610. The van der Waals surface area contributed by atoms with Gasteiger partial charge in [-0.25, -0.2) is 0 Å². The zero-order chi connectivity index (χ0) is 13.1. The first-order valence-corrected chi connectivity index (χ1v) is 6.88. The van der Waals surface area contributed by atoms with Gasteiger partial charge in [0.1, 0.15) is 0 Å². The molecule has 0 radical (unpaired) electrons. The lowest BCUT2D eigenvalue weighted by atomic mass is 9.77. The summed E-state index contributed by atoms with van der Waals surface area (Å²) in [5.41, 5.74) is -0.497. The van der Waals surface area contributed by atoms with Crippen LogP contribution in [0.2, 0.25) is 0 Å². The fourth-order valence-corrected chi connectivity index (χ4v) is 2.99. The number of rotatable bonds is 5. The lowest BCUT2D eigenvalue weighted by Crippen LogP contribution is -2.50. The maximum Gasteiger partial charge on any atom is 0.310 e. The Morgan fingerprint density at radius 3 is 2.53 bits per heavy atom. The number of carboxylic acid groups (broad SMARTS) is 1. The van der Waals surface area contributed by atoms with Gasteiger partial charge in [0.05, 0.1) is 5.41 Å². The Labute approximate surface area is 105 Å². The van der Waals surface area contributed by atoms with Crippen molar-refractivity contribution in [3.63, 3.8) is 0 Å². The van der Waals surface area contributed by atoms with Gasteiger partial charge in [0.2, 0.25) is 0 Å². The van der Waals surface area contributed by atoms with Crippen LogP contribution in [0.1, 0.15) is 53.4 Å². The zero-order valence-corrected chi connectivity index (χ0v) is 11.7. The first-order valence-electron chi connectivity index (χ1n) is 6.88. The average Bonchev–Trinajstić information content (AvgIpc) is 2.28. The zero-order valence-electron chi connectivity index (χ0n) is 11.7. The molecule has 0 saturated carbocycles. The van der Waals surface area contributed by atoms with Crippen molar-refractivity contribution in [1.29, 1.82) is 0 Å². The molecule has 1 aliphatic rings. The molecule has 1 fully saturated rings. The lowest BCUT2D eigenvalue weighted by Gasteiger charge is -2.42. The van der Waals surface area contributed by atoms with Crippen LogP contribution in [-0.2, 0) is 4.79 Å². The largest absolute Gasteiger partial charge is 0.481 e. The van der Waals surface area contributed by atoms with Crippen molar-refractivity contribution in [2.45, 2.75) is 59.4 Å². The van der Waals surface area contributed by atoms with Crippen LogP contribution in [0.4, 0.5) is 0 Å². The van der Waals surface area contributed by atoms with Gasteiger partial charge < -0.3 is 5.11 Å². The van der Waals surface area contributed by atoms with E-state index in [9.17, 15) is 9.90 Å². The van der Waals surface area contributed by atoms with E-state index in [4.69, 9.17) is 0 Å². The number of piperidine rings is 1. The quantitative estimate of drug-likeness (QED) is 0.804. The van der Waals surface area contributed by atoms with Crippen LogP contribution in [0.25, 0.3) is 0 Å². The molecule has 0 bridgehead atoms. The third-order valence-corrected chi connectivity index (χ3v) is 4.17. The van der Waals surface area contributed by atoms with Crippen molar-refractivity contribution >= 4 is 5.97 Å². The highest BCUT2D eigenvalue weighted by Crippen LogP contribution is 2.35. The maximum absolute atomic E-state index is 11.5. The SMILES string of the molecule is CCC1(C(=O)O)CCCN(C(C)CC(C)C)C1. The molecule has 1 aliphatic heterocycles. The summed E-state index contributed by atoms with van der Waals surface area (Å²) >= 11 is 0. The molecule has 1 saturated heterocycles. The Bertz CT molecular complexity index is 265. The topological polar surface area (TPSA) is 40.5 Å². The summed E-state index contributed by atoms with van der Waals surface area (Å²) in [6, 6.07) is 0.501. The fourth-order valence-electron chi connectivity index (χ4n) is 2.99. The number of carboxylic acids is 1. The fraction of sp³-hybridized carbons (Fsp3) is 0.929. The minimum Gasteiger partial charge on any atom is -0.481 e. The molecule has 0 aromatic carbocycles. The van der Waals surface area contributed by atoms with Crippen LogP contribution in [0, 0.1) is 11.3 Å². The standard InChI is InChI=1S/C14H27NO2/c1-5-14(13(16)17)7-6-8-15(10-14)12(4)9-11(2)3/h11-12H,5-10H2,1-4H3,(H,16,17). The van der Waals surface area contributed by atoms with Crippen molar-refractivity contribution in [2.75, 3.05) is 13.1 Å². The number of likely N-dealkylation sites (tertiary alicyclic amines) is 1. The minimum absolute atomic E-state index is 0.497. The highest BCUT2D eigenvalue weighted by molar-refractivity contribution is 5.75. The Kier molecular flexibility index (Phi) is 4.99. The van der Waals surface area contributed by atoms with E-state index < -0.39 is 11.4 Å². The van der Waals surface area contributed by atoms with E-state index in [0.29, 0.717) is 12.0 Å². The van der Waals surface area contributed by atoms with Crippen molar-refractivity contribution < 1.29 is 9.90 Å². The molecule has 0 spiro atoms. The number of carbonyl (C=O) groups is 1. The molecule has 1 N–H and O–H groups in total.